The molecule has 0 saturated heterocycles. The van der Waals surface area contributed by atoms with Crippen LogP contribution in [0.1, 0.15) is 10.4 Å². The normalized spacial score (nSPS) is 11.1. The van der Waals surface area contributed by atoms with Gasteiger partial charge in [-0.1, -0.05) is 41.9 Å². The number of nitrogens with one attached hydrogen (secondary N) is 1. The quantitative estimate of drug-likeness (QED) is 0.598. The van der Waals surface area contributed by atoms with Gasteiger partial charge >= 0.3 is 5.97 Å². The first-order valence-electron chi connectivity index (χ1n) is 7.58. The van der Waals surface area contributed by atoms with Crippen molar-refractivity contribution in [3.63, 3.8) is 0 Å². The fourth-order valence-electron chi connectivity index (χ4n) is 2.39. The minimum absolute atomic E-state index is 0.00704. The molecule has 1 aromatic heterocycles. The van der Waals surface area contributed by atoms with Crippen molar-refractivity contribution in [1.82, 2.24) is 4.98 Å². The molecule has 0 unspecified atom stereocenters. The van der Waals surface area contributed by atoms with Crippen LogP contribution in [0.5, 0.6) is 5.75 Å². The highest BCUT2D eigenvalue weighted by Crippen LogP contribution is 2.33. The Morgan fingerprint density at radius 3 is 2.41 bits per heavy atom. The van der Waals surface area contributed by atoms with Gasteiger partial charge in [-0.15, -0.1) is 0 Å². The van der Waals surface area contributed by atoms with Crippen LogP contribution < -0.4 is 4.72 Å². The van der Waals surface area contributed by atoms with Gasteiger partial charge in [-0.25, -0.2) is 18.2 Å². The lowest BCUT2D eigenvalue weighted by atomic mass is 10.1. The van der Waals surface area contributed by atoms with Gasteiger partial charge in [0.25, 0.3) is 10.0 Å². The van der Waals surface area contributed by atoms with Crippen molar-refractivity contribution in [2.45, 2.75) is 4.90 Å². The molecule has 3 rings (SSSR count). The third-order valence-corrected chi connectivity index (χ3v) is 5.33. The summed E-state index contributed by atoms with van der Waals surface area (Å²) >= 11 is 5.76. The molecule has 0 aliphatic heterocycles. The summed E-state index contributed by atoms with van der Waals surface area (Å²) in [6, 6.07) is 14.3. The van der Waals surface area contributed by atoms with Crippen molar-refractivity contribution in [2.75, 3.05) is 4.72 Å². The number of aromatic carboxylic acids is 1. The number of hydrogen-bond donors (Lipinski definition) is 3. The van der Waals surface area contributed by atoms with E-state index in [-0.39, 0.29) is 16.4 Å². The Morgan fingerprint density at radius 1 is 1.04 bits per heavy atom. The van der Waals surface area contributed by atoms with Crippen LogP contribution in [0.25, 0.3) is 11.1 Å². The van der Waals surface area contributed by atoms with Gasteiger partial charge in [0, 0.05) is 6.20 Å². The summed E-state index contributed by atoms with van der Waals surface area (Å²) in [6.07, 6.45) is 1.43. The summed E-state index contributed by atoms with van der Waals surface area (Å²) in [7, 11) is -4.33. The predicted octanol–water partition coefficient (Wildman–Crippen LogP) is 3.61. The molecule has 0 saturated carbocycles. The lowest BCUT2D eigenvalue weighted by Crippen LogP contribution is -2.15. The van der Waals surface area contributed by atoms with Crippen LogP contribution in [-0.4, -0.2) is 29.6 Å². The summed E-state index contributed by atoms with van der Waals surface area (Å²) < 4.78 is 27.5. The molecule has 0 fully saturated rings. The van der Waals surface area contributed by atoms with Gasteiger partial charge in [-0.05, 0) is 35.4 Å². The molecule has 9 heteroatoms. The van der Waals surface area contributed by atoms with E-state index in [1.165, 1.54) is 12.3 Å². The lowest BCUT2D eigenvalue weighted by molar-refractivity contribution is 0.0696. The highest BCUT2D eigenvalue weighted by molar-refractivity contribution is 7.92. The van der Waals surface area contributed by atoms with Gasteiger partial charge in [-0.2, -0.15) is 0 Å². The zero-order valence-corrected chi connectivity index (χ0v) is 15.2. The molecular weight excluding hydrogens is 392 g/mol. The van der Waals surface area contributed by atoms with Crippen LogP contribution in [0.2, 0.25) is 5.02 Å². The minimum atomic E-state index is -4.33. The maximum Gasteiger partial charge on any atom is 0.335 e. The Labute approximate surface area is 159 Å². The molecule has 3 N–H and O–H groups in total. The Balaban J connectivity index is 2.00. The number of anilines is 1. The average Bonchev–Trinajstić information content (AvgIpc) is 2.64. The zero-order chi connectivity index (χ0) is 19.6. The SMILES string of the molecule is O=C(O)c1cc(Cl)c(O)c(S(=O)(=O)Nc2cc(-c3ccccc3)ccn2)c1. The fourth-order valence-corrected chi connectivity index (χ4v) is 3.81. The van der Waals surface area contributed by atoms with Crippen LogP contribution in [0, 0.1) is 0 Å². The summed E-state index contributed by atoms with van der Waals surface area (Å²) in [6.45, 7) is 0. The second-order valence-electron chi connectivity index (χ2n) is 5.51. The predicted molar refractivity (Wildman–Crippen MR) is 101 cm³/mol. The van der Waals surface area contributed by atoms with E-state index in [4.69, 9.17) is 16.7 Å². The molecule has 3 aromatic rings. The number of nitrogens with zero attached hydrogens (tertiary/aromatic N) is 1. The molecule has 0 aliphatic carbocycles. The average molecular weight is 405 g/mol. The third kappa shape index (κ3) is 4.02. The van der Waals surface area contributed by atoms with Gasteiger partial charge in [0.2, 0.25) is 0 Å². The molecule has 0 amide bonds. The number of aromatic hydroxyl groups is 1. The molecular formula is C18H13ClN2O5S. The first-order valence-corrected chi connectivity index (χ1v) is 9.44. The summed E-state index contributed by atoms with van der Waals surface area (Å²) in [4.78, 5) is 14.4. The Bertz CT molecular complexity index is 1120. The highest BCUT2D eigenvalue weighted by Gasteiger charge is 2.24. The van der Waals surface area contributed by atoms with Crippen molar-refractivity contribution in [1.29, 1.82) is 0 Å². The maximum atomic E-state index is 12.6. The fraction of sp³-hybridized carbons (Fsp3) is 0. The van der Waals surface area contributed by atoms with E-state index in [0.29, 0.717) is 0 Å². The summed E-state index contributed by atoms with van der Waals surface area (Å²) in [5, 5.41) is 18.7. The Hall–Kier alpha value is -3.10. The van der Waals surface area contributed by atoms with E-state index in [1.807, 2.05) is 30.3 Å². The Morgan fingerprint density at radius 2 is 1.74 bits per heavy atom. The Kier molecular flexibility index (Phi) is 5.02. The zero-order valence-electron chi connectivity index (χ0n) is 13.6. The molecule has 0 atom stereocenters. The number of phenols is 1. The minimum Gasteiger partial charge on any atom is -0.505 e. The largest absolute Gasteiger partial charge is 0.505 e. The summed E-state index contributed by atoms with van der Waals surface area (Å²) in [5.74, 6) is -2.11. The van der Waals surface area contributed by atoms with Crippen LogP contribution in [0.3, 0.4) is 0 Å². The van der Waals surface area contributed by atoms with E-state index < -0.39 is 26.6 Å². The van der Waals surface area contributed by atoms with Crippen molar-refractivity contribution in [2.24, 2.45) is 0 Å². The monoisotopic (exact) mass is 404 g/mol. The molecule has 0 bridgehead atoms. The molecule has 0 aliphatic rings. The molecule has 27 heavy (non-hydrogen) atoms. The van der Waals surface area contributed by atoms with Gasteiger partial charge in [-0.3, -0.25) is 4.72 Å². The maximum absolute atomic E-state index is 12.6. The number of benzene rings is 2. The van der Waals surface area contributed by atoms with E-state index >= 15 is 0 Å². The number of carboxylic acids is 1. The number of carbonyl (C=O) groups is 1. The second kappa shape index (κ2) is 7.26. The number of halogens is 1. The van der Waals surface area contributed by atoms with Crippen LogP contribution in [0.4, 0.5) is 5.82 Å². The molecule has 138 valence electrons. The van der Waals surface area contributed by atoms with Crippen molar-refractivity contribution in [3.8, 4) is 16.9 Å². The van der Waals surface area contributed by atoms with E-state index in [0.717, 1.165) is 23.3 Å². The molecule has 0 radical (unpaired) electrons. The number of carboxylic acid groups (broad SMARTS) is 1. The number of hydrogen-bond acceptors (Lipinski definition) is 5. The van der Waals surface area contributed by atoms with Gasteiger partial charge in [0.15, 0.2) is 5.75 Å². The van der Waals surface area contributed by atoms with Crippen molar-refractivity contribution < 1.29 is 23.4 Å². The van der Waals surface area contributed by atoms with E-state index in [9.17, 15) is 18.3 Å². The van der Waals surface area contributed by atoms with Crippen LogP contribution in [-0.2, 0) is 10.0 Å². The second-order valence-corrected chi connectivity index (χ2v) is 7.57. The number of rotatable bonds is 5. The standard InChI is InChI=1S/C18H13ClN2O5S/c19-14-8-13(18(23)24)9-15(17(14)22)27(25,26)21-16-10-12(6-7-20-16)11-4-2-1-3-5-11/h1-10,22H,(H,20,21)(H,23,24). The molecule has 2 aromatic carbocycles. The van der Waals surface area contributed by atoms with Crippen molar-refractivity contribution >= 4 is 33.4 Å². The molecule has 0 spiro atoms. The third-order valence-electron chi connectivity index (χ3n) is 3.67. The molecule has 7 nitrogen and oxygen atoms in total. The first-order chi connectivity index (χ1) is 12.8. The smallest absolute Gasteiger partial charge is 0.335 e. The summed E-state index contributed by atoms with van der Waals surface area (Å²) in [5.41, 5.74) is 1.22. The van der Waals surface area contributed by atoms with Gasteiger partial charge in [0.05, 0.1) is 10.6 Å². The van der Waals surface area contributed by atoms with Crippen LogP contribution >= 0.6 is 11.6 Å². The van der Waals surface area contributed by atoms with Crippen LogP contribution in [0.15, 0.2) is 65.7 Å². The number of aromatic nitrogens is 1. The number of phenolic OH excluding ortho intramolecular Hbond substituents is 1. The topological polar surface area (TPSA) is 117 Å². The van der Waals surface area contributed by atoms with Crippen molar-refractivity contribution in [3.05, 3.63) is 71.4 Å². The van der Waals surface area contributed by atoms with E-state index in [1.54, 1.807) is 6.07 Å². The van der Waals surface area contributed by atoms with Gasteiger partial charge < -0.3 is 10.2 Å². The highest BCUT2D eigenvalue weighted by atomic mass is 35.5. The lowest BCUT2D eigenvalue weighted by Gasteiger charge is -2.11. The number of pyridine rings is 1. The first kappa shape index (κ1) is 18.7. The molecule has 1 heterocycles. The van der Waals surface area contributed by atoms with Gasteiger partial charge in [0.1, 0.15) is 10.7 Å². The number of sulfonamides is 1. The van der Waals surface area contributed by atoms with E-state index in [2.05, 4.69) is 9.71 Å².